The first-order valence-corrected chi connectivity index (χ1v) is 6.38. The smallest absolute Gasteiger partial charge is 0.0409 e. The van der Waals surface area contributed by atoms with Crippen LogP contribution < -0.4 is 4.90 Å². The highest BCUT2D eigenvalue weighted by Gasteiger charge is 2.27. The molecule has 1 aromatic rings. The molecule has 1 aromatic carbocycles. The van der Waals surface area contributed by atoms with E-state index in [1.807, 2.05) is 0 Å². The van der Waals surface area contributed by atoms with E-state index >= 15 is 0 Å². The molecule has 1 atom stereocenters. The Hall–Kier alpha value is -1.02. The topological polar surface area (TPSA) is 6.48 Å². The first kappa shape index (κ1) is 10.2. The Balaban J connectivity index is 1.94. The van der Waals surface area contributed by atoms with E-state index in [1.54, 1.807) is 0 Å². The minimum atomic E-state index is 0.770. The molecule has 1 unspecified atom stereocenters. The van der Waals surface area contributed by atoms with Gasteiger partial charge in [-0.25, -0.2) is 0 Å². The molecule has 0 amide bonds. The van der Waals surface area contributed by atoms with E-state index in [1.165, 1.54) is 43.6 Å². The van der Waals surface area contributed by atoms with Crippen LogP contribution in [0.15, 0.2) is 24.3 Å². The number of anilines is 1. The third-order valence-electron chi connectivity index (χ3n) is 4.01. The average molecular weight is 216 g/mol. The number of rotatable bonds is 0. The molecule has 1 fully saturated rings. The molecule has 16 heavy (non-hydrogen) atoms. The lowest BCUT2D eigenvalue weighted by Gasteiger charge is -2.35. The van der Waals surface area contributed by atoms with Crippen molar-refractivity contribution in [3.8, 4) is 0 Å². The van der Waals surface area contributed by atoms with Gasteiger partial charge in [-0.1, -0.05) is 24.6 Å². The molecule has 1 saturated heterocycles. The molecule has 2 aliphatic heterocycles. The molecule has 2 heterocycles. The monoisotopic (exact) mass is 216 g/mol. The third kappa shape index (κ3) is 1.71. The van der Waals surface area contributed by atoms with Crippen LogP contribution in [0.2, 0.25) is 0 Å². The molecule has 0 radical (unpaired) electrons. The number of hydrogen-bond donors (Lipinski definition) is 0. The normalized spacial score (nSPS) is 25.8. The van der Waals surface area contributed by atoms with Crippen molar-refractivity contribution in [2.75, 3.05) is 25.0 Å². The predicted molar refractivity (Wildman–Crippen MR) is 67.8 cm³/mol. The Morgan fingerprint density at radius 3 is 3.00 bits per heavy atom. The summed E-state index contributed by atoms with van der Waals surface area (Å²) < 4.78 is 0. The van der Waals surface area contributed by atoms with Crippen molar-refractivity contribution in [1.29, 1.82) is 0 Å². The lowest BCUT2D eigenvalue weighted by atomic mass is 10.0. The number of para-hydroxylation sites is 1. The summed E-state index contributed by atoms with van der Waals surface area (Å²) in [6, 6.07) is 9.62. The maximum Gasteiger partial charge on any atom is 0.0409 e. The molecule has 2 heteroatoms. The van der Waals surface area contributed by atoms with Crippen LogP contribution in [0.4, 0.5) is 5.69 Å². The van der Waals surface area contributed by atoms with Gasteiger partial charge in [-0.15, -0.1) is 0 Å². The van der Waals surface area contributed by atoms with Gasteiger partial charge in [0, 0.05) is 31.9 Å². The Labute approximate surface area is 97.9 Å². The first-order valence-electron chi connectivity index (χ1n) is 6.38. The zero-order valence-electron chi connectivity index (χ0n) is 10.0. The molecule has 2 aliphatic rings. The van der Waals surface area contributed by atoms with Gasteiger partial charge in [0.25, 0.3) is 0 Å². The first-order chi connectivity index (χ1) is 7.84. The fraction of sp³-hybridized carbons (Fsp3) is 0.571. The van der Waals surface area contributed by atoms with Crippen LogP contribution in [0.3, 0.4) is 0 Å². The van der Waals surface area contributed by atoms with Crippen molar-refractivity contribution >= 4 is 5.69 Å². The Morgan fingerprint density at radius 1 is 1.19 bits per heavy atom. The van der Waals surface area contributed by atoms with Crippen LogP contribution in [-0.2, 0) is 6.54 Å². The second-order valence-corrected chi connectivity index (χ2v) is 5.13. The van der Waals surface area contributed by atoms with Gasteiger partial charge in [-0.05, 0) is 31.0 Å². The zero-order valence-corrected chi connectivity index (χ0v) is 10.0. The molecule has 86 valence electrons. The molecule has 3 rings (SSSR count). The average Bonchev–Trinajstić information content (AvgIpc) is 2.45. The SMILES string of the molecule is CN1CC2CCCCN2Cc2ccccc21. The quantitative estimate of drug-likeness (QED) is 0.657. The second kappa shape index (κ2) is 4.10. The molecule has 2 nitrogen and oxygen atoms in total. The fourth-order valence-corrected chi connectivity index (χ4v) is 3.13. The lowest BCUT2D eigenvalue weighted by molar-refractivity contribution is 0.148. The van der Waals surface area contributed by atoms with Gasteiger partial charge in [-0.3, -0.25) is 4.90 Å². The van der Waals surface area contributed by atoms with E-state index in [-0.39, 0.29) is 0 Å². The van der Waals surface area contributed by atoms with E-state index in [2.05, 4.69) is 41.1 Å². The molecule has 0 spiro atoms. The lowest BCUT2D eigenvalue weighted by Crippen LogP contribution is -2.43. The Morgan fingerprint density at radius 2 is 2.06 bits per heavy atom. The number of benzene rings is 1. The van der Waals surface area contributed by atoms with E-state index in [4.69, 9.17) is 0 Å². The van der Waals surface area contributed by atoms with Gasteiger partial charge < -0.3 is 4.90 Å². The van der Waals surface area contributed by atoms with Crippen molar-refractivity contribution in [2.45, 2.75) is 31.8 Å². The summed E-state index contributed by atoms with van der Waals surface area (Å²) in [5.41, 5.74) is 2.92. The molecule has 0 aliphatic carbocycles. The van der Waals surface area contributed by atoms with Crippen molar-refractivity contribution in [1.82, 2.24) is 4.90 Å². The minimum absolute atomic E-state index is 0.770. The molecule has 0 aromatic heterocycles. The number of likely N-dealkylation sites (N-methyl/N-ethyl adjacent to an activating group) is 1. The largest absolute Gasteiger partial charge is 0.373 e. The third-order valence-corrected chi connectivity index (χ3v) is 4.01. The summed E-state index contributed by atoms with van der Waals surface area (Å²) in [5, 5.41) is 0. The van der Waals surface area contributed by atoms with Crippen molar-refractivity contribution in [2.24, 2.45) is 0 Å². The summed E-state index contributed by atoms with van der Waals surface area (Å²) >= 11 is 0. The molecule has 0 N–H and O–H groups in total. The Bertz CT molecular complexity index is 375. The summed E-state index contributed by atoms with van der Waals surface area (Å²) in [6.07, 6.45) is 4.16. The number of piperidine rings is 1. The molecule has 0 saturated carbocycles. The minimum Gasteiger partial charge on any atom is -0.373 e. The van der Waals surface area contributed by atoms with Crippen LogP contribution in [0.5, 0.6) is 0 Å². The summed E-state index contributed by atoms with van der Waals surface area (Å²) in [7, 11) is 2.23. The second-order valence-electron chi connectivity index (χ2n) is 5.13. The Kier molecular flexibility index (Phi) is 2.60. The molecular formula is C14H20N2. The van der Waals surface area contributed by atoms with E-state index in [0.717, 1.165) is 12.6 Å². The van der Waals surface area contributed by atoms with E-state index in [9.17, 15) is 0 Å². The van der Waals surface area contributed by atoms with Crippen LogP contribution in [0, 0.1) is 0 Å². The standard InChI is InChI=1S/C14H20N2/c1-15-11-13-7-4-5-9-16(13)10-12-6-2-3-8-14(12)15/h2-3,6,8,13H,4-5,7,9-11H2,1H3. The maximum absolute atomic E-state index is 2.67. The van der Waals surface area contributed by atoms with Gasteiger partial charge in [-0.2, -0.15) is 0 Å². The van der Waals surface area contributed by atoms with Crippen molar-refractivity contribution in [3.63, 3.8) is 0 Å². The fourth-order valence-electron chi connectivity index (χ4n) is 3.13. The van der Waals surface area contributed by atoms with Crippen LogP contribution >= 0.6 is 0 Å². The van der Waals surface area contributed by atoms with Gasteiger partial charge >= 0.3 is 0 Å². The number of nitrogens with zero attached hydrogens (tertiary/aromatic N) is 2. The number of fused-ring (bicyclic) bond motifs is 2. The highest BCUT2D eigenvalue weighted by atomic mass is 15.2. The van der Waals surface area contributed by atoms with Gasteiger partial charge in [0.05, 0.1) is 0 Å². The maximum atomic E-state index is 2.67. The number of hydrogen-bond acceptors (Lipinski definition) is 2. The van der Waals surface area contributed by atoms with Crippen LogP contribution in [0.25, 0.3) is 0 Å². The van der Waals surface area contributed by atoms with Crippen LogP contribution in [0.1, 0.15) is 24.8 Å². The summed E-state index contributed by atoms with van der Waals surface area (Å²) in [6.45, 7) is 3.62. The predicted octanol–water partition coefficient (Wildman–Crippen LogP) is 2.49. The summed E-state index contributed by atoms with van der Waals surface area (Å²) in [4.78, 5) is 5.11. The zero-order chi connectivity index (χ0) is 11.0. The van der Waals surface area contributed by atoms with E-state index in [0.29, 0.717) is 0 Å². The van der Waals surface area contributed by atoms with Gasteiger partial charge in [0.1, 0.15) is 0 Å². The van der Waals surface area contributed by atoms with Crippen molar-refractivity contribution in [3.05, 3.63) is 29.8 Å². The molecular weight excluding hydrogens is 196 g/mol. The van der Waals surface area contributed by atoms with Gasteiger partial charge in [0.2, 0.25) is 0 Å². The van der Waals surface area contributed by atoms with Crippen molar-refractivity contribution < 1.29 is 0 Å². The molecule has 0 bridgehead atoms. The van der Waals surface area contributed by atoms with Crippen LogP contribution in [-0.4, -0.2) is 31.1 Å². The van der Waals surface area contributed by atoms with E-state index < -0.39 is 0 Å². The highest BCUT2D eigenvalue weighted by Crippen LogP contribution is 2.29. The highest BCUT2D eigenvalue weighted by molar-refractivity contribution is 5.54. The summed E-state index contributed by atoms with van der Waals surface area (Å²) in [5.74, 6) is 0. The van der Waals surface area contributed by atoms with Gasteiger partial charge in [0.15, 0.2) is 0 Å².